The normalized spacial score (nSPS) is 9.85. The van der Waals surface area contributed by atoms with E-state index < -0.39 is 0 Å². The average molecular weight is 414 g/mol. The fourth-order valence-corrected chi connectivity index (χ4v) is 2.83. The lowest BCUT2D eigenvalue weighted by Crippen LogP contribution is -2.24. The van der Waals surface area contributed by atoms with Crippen molar-refractivity contribution in [2.75, 3.05) is 13.1 Å². The minimum Gasteiger partial charge on any atom is -0.277 e. The molecule has 27 heavy (non-hydrogen) atoms. The third kappa shape index (κ3) is 6.80. The molecule has 0 fully saturated rings. The number of rotatable bonds is 4. The molecule has 2 heteroatoms. The van der Waals surface area contributed by atoms with Crippen LogP contribution in [-0.2, 0) is 6.54 Å². The first-order valence-electron chi connectivity index (χ1n) is 8.84. The maximum absolute atomic E-state index is 3.49. The Morgan fingerprint density at radius 1 is 0.630 bits per heavy atom. The van der Waals surface area contributed by atoms with Gasteiger partial charge in [-0.3, -0.25) is 4.90 Å². The van der Waals surface area contributed by atoms with Crippen molar-refractivity contribution in [2.24, 2.45) is 0 Å². The molecule has 0 atom stereocenters. The van der Waals surface area contributed by atoms with Crippen molar-refractivity contribution in [2.45, 2.75) is 6.54 Å². The van der Waals surface area contributed by atoms with Gasteiger partial charge in [0.15, 0.2) is 0 Å². The summed E-state index contributed by atoms with van der Waals surface area (Å²) in [7, 11) is 0. The van der Waals surface area contributed by atoms with Crippen LogP contribution in [0.2, 0.25) is 0 Å². The topological polar surface area (TPSA) is 3.24 Å². The second kappa shape index (κ2) is 10.4. The molecule has 1 nitrogen and oxygen atoms in total. The Balaban J connectivity index is 1.69. The molecule has 132 valence electrons. The number of benzene rings is 3. The van der Waals surface area contributed by atoms with Gasteiger partial charge in [0, 0.05) is 22.1 Å². The number of nitrogens with zero attached hydrogens (tertiary/aromatic N) is 1. The first kappa shape index (κ1) is 19.0. The van der Waals surface area contributed by atoms with Gasteiger partial charge in [0.2, 0.25) is 0 Å². The van der Waals surface area contributed by atoms with Crippen molar-refractivity contribution in [1.29, 1.82) is 0 Å². The molecule has 0 N–H and O–H groups in total. The Labute approximate surface area is 170 Å². The van der Waals surface area contributed by atoms with E-state index in [0.29, 0.717) is 13.1 Å². The van der Waals surface area contributed by atoms with E-state index in [0.717, 1.165) is 22.1 Å². The highest BCUT2D eigenvalue weighted by Gasteiger charge is 2.03. The monoisotopic (exact) mass is 413 g/mol. The number of hydrogen-bond donors (Lipinski definition) is 0. The summed E-state index contributed by atoms with van der Waals surface area (Å²) in [6, 6.07) is 28.6. The Hall–Kier alpha value is -2.78. The highest BCUT2D eigenvalue weighted by Crippen LogP contribution is 2.12. The molecular weight excluding hydrogens is 394 g/mol. The molecule has 3 rings (SSSR count). The maximum atomic E-state index is 3.49. The van der Waals surface area contributed by atoms with Crippen LogP contribution in [0.5, 0.6) is 0 Å². The van der Waals surface area contributed by atoms with Crippen molar-refractivity contribution in [3.8, 4) is 23.7 Å². The van der Waals surface area contributed by atoms with Gasteiger partial charge in [0.25, 0.3) is 0 Å². The standard InChI is InChI=1S/C25H20BrN/c26-25-17-15-24(16-18-25)21-27(19-7-13-22-9-3-1-4-10-22)20-8-14-23-11-5-2-6-12-23/h1-6,9-12,15-18H,19-21H2. The first-order valence-corrected chi connectivity index (χ1v) is 9.63. The van der Waals surface area contributed by atoms with E-state index in [2.05, 4.69) is 68.8 Å². The van der Waals surface area contributed by atoms with Gasteiger partial charge in [-0.05, 0) is 42.0 Å². The zero-order chi connectivity index (χ0) is 18.7. The molecule has 0 bridgehead atoms. The van der Waals surface area contributed by atoms with Gasteiger partial charge < -0.3 is 0 Å². The van der Waals surface area contributed by atoms with E-state index in [1.165, 1.54) is 5.56 Å². The minimum atomic E-state index is 0.675. The van der Waals surface area contributed by atoms with Crippen LogP contribution < -0.4 is 0 Å². The van der Waals surface area contributed by atoms with Crippen LogP contribution in [0.4, 0.5) is 0 Å². The highest BCUT2D eigenvalue weighted by molar-refractivity contribution is 9.10. The lowest BCUT2D eigenvalue weighted by atomic mass is 10.2. The van der Waals surface area contributed by atoms with Gasteiger partial charge in [-0.15, -0.1) is 0 Å². The lowest BCUT2D eigenvalue weighted by Gasteiger charge is -2.16. The van der Waals surface area contributed by atoms with E-state index in [-0.39, 0.29) is 0 Å². The number of hydrogen-bond acceptors (Lipinski definition) is 1. The fraction of sp³-hybridized carbons (Fsp3) is 0.120. The third-order valence-corrected chi connectivity index (χ3v) is 4.47. The summed E-state index contributed by atoms with van der Waals surface area (Å²) < 4.78 is 1.09. The molecule has 0 aliphatic rings. The summed E-state index contributed by atoms with van der Waals surface area (Å²) in [5.74, 6) is 13.0. The average Bonchev–Trinajstić information content (AvgIpc) is 2.71. The molecule has 0 heterocycles. The van der Waals surface area contributed by atoms with Gasteiger partial charge >= 0.3 is 0 Å². The van der Waals surface area contributed by atoms with Crippen LogP contribution in [0.15, 0.2) is 89.4 Å². The van der Waals surface area contributed by atoms with Gasteiger partial charge in [-0.2, -0.15) is 0 Å². The van der Waals surface area contributed by atoms with Gasteiger partial charge in [-0.1, -0.05) is 88.1 Å². The Bertz CT molecular complexity index is 896. The van der Waals surface area contributed by atoms with Crippen molar-refractivity contribution in [3.05, 3.63) is 106 Å². The molecule has 0 aliphatic carbocycles. The van der Waals surface area contributed by atoms with E-state index in [1.54, 1.807) is 0 Å². The molecule has 0 saturated carbocycles. The van der Waals surface area contributed by atoms with Crippen LogP contribution in [-0.4, -0.2) is 18.0 Å². The van der Waals surface area contributed by atoms with Crippen LogP contribution in [0.3, 0.4) is 0 Å². The zero-order valence-corrected chi connectivity index (χ0v) is 16.6. The molecular formula is C25H20BrN. The van der Waals surface area contributed by atoms with E-state index in [4.69, 9.17) is 0 Å². The highest BCUT2D eigenvalue weighted by atomic mass is 79.9. The van der Waals surface area contributed by atoms with Crippen molar-refractivity contribution < 1.29 is 0 Å². The summed E-state index contributed by atoms with van der Waals surface area (Å²) in [4.78, 5) is 2.26. The molecule has 0 unspecified atom stereocenters. The van der Waals surface area contributed by atoms with Crippen molar-refractivity contribution in [3.63, 3.8) is 0 Å². The third-order valence-electron chi connectivity index (χ3n) is 3.94. The molecule has 3 aromatic rings. The lowest BCUT2D eigenvalue weighted by molar-refractivity contribution is 0.337. The molecule has 0 radical (unpaired) electrons. The second-order valence-electron chi connectivity index (χ2n) is 6.11. The number of halogens is 1. The molecule has 0 saturated heterocycles. The summed E-state index contributed by atoms with van der Waals surface area (Å²) in [5, 5.41) is 0. The molecule has 3 aromatic carbocycles. The maximum Gasteiger partial charge on any atom is 0.0617 e. The summed E-state index contributed by atoms with van der Waals surface area (Å²) in [5.41, 5.74) is 3.33. The molecule has 0 amide bonds. The van der Waals surface area contributed by atoms with Gasteiger partial charge in [0.1, 0.15) is 0 Å². The summed E-state index contributed by atoms with van der Waals surface area (Å²) >= 11 is 3.49. The smallest absolute Gasteiger partial charge is 0.0617 e. The van der Waals surface area contributed by atoms with E-state index in [9.17, 15) is 0 Å². The predicted octanol–water partition coefficient (Wildman–Crippen LogP) is 5.35. The zero-order valence-electron chi connectivity index (χ0n) is 15.0. The first-order chi connectivity index (χ1) is 13.3. The summed E-state index contributed by atoms with van der Waals surface area (Å²) in [6.45, 7) is 2.17. The van der Waals surface area contributed by atoms with Crippen LogP contribution in [0.25, 0.3) is 0 Å². The largest absolute Gasteiger partial charge is 0.277 e. The Kier molecular flexibility index (Phi) is 7.31. The van der Waals surface area contributed by atoms with Crippen LogP contribution >= 0.6 is 15.9 Å². The van der Waals surface area contributed by atoms with Gasteiger partial charge in [0.05, 0.1) is 13.1 Å². The van der Waals surface area contributed by atoms with Crippen LogP contribution in [0, 0.1) is 23.7 Å². The van der Waals surface area contributed by atoms with Crippen LogP contribution in [0.1, 0.15) is 16.7 Å². The van der Waals surface area contributed by atoms with Crippen molar-refractivity contribution in [1.82, 2.24) is 4.90 Å². The molecule has 0 aliphatic heterocycles. The fourth-order valence-electron chi connectivity index (χ4n) is 2.57. The Morgan fingerprint density at radius 2 is 1.11 bits per heavy atom. The minimum absolute atomic E-state index is 0.675. The summed E-state index contributed by atoms with van der Waals surface area (Å²) in [6.07, 6.45) is 0. The van der Waals surface area contributed by atoms with E-state index >= 15 is 0 Å². The van der Waals surface area contributed by atoms with Gasteiger partial charge in [-0.25, -0.2) is 0 Å². The SMILES string of the molecule is Brc1ccc(CN(CC#Cc2ccccc2)CC#Cc2ccccc2)cc1. The van der Waals surface area contributed by atoms with Crippen molar-refractivity contribution >= 4 is 15.9 Å². The second-order valence-corrected chi connectivity index (χ2v) is 7.02. The molecule has 0 aromatic heterocycles. The quantitative estimate of drug-likeness (QED) is 0.520. The Morgan fingerprint density at radius 3 is 1.59 bits per heavy atom. The predicted molar refractivity (Wildman–Crippen MR) is 116 cm³/mol. The molecule has 0 spiro atoms. The van der Waals surface area contributed by atoms with E-state index in [1.807, 2.05) is 60.7 Å².